The number of likely N-dealkylation sites (N-methyl/N-ethyl adjacent to an activating group) is 1. The molecule has 0 aliphatic carbocycles. The Labute approximate surface area is 89.4 Å². The maximum absolute atomic E-state index is 5.67. The highest BCUT2D eigenvalue weighted by atomic mass is 16.6. The molecule has 2 rings (SSSR count). The second-order valence-electron chi connectivity index (χ2n) is 3.65. The Bertz CT molecular complexity index is 307. The van der Waals surface area contributed by atoms with E-state index in [9.17, 15) is 0 Å². The largest absolute Gasteiger partial charge is 0.376 e. The standard InChI is InChI=1S/C10H17N3O2/c1-11-9(8-7-14-5-6-15-8)10-12-3-4-13(10)2/h3-4,8-9,11H,5-7H2,1-2H3. The van der Waals surface area contributed by atoms with Gasteiger partial charge in [-0.1, -0.05) is 0 Å². The predicted molar refractivity (Wildman–Crippen MR) is 55.6 cm³/mol. The van der Waals surface area contributed by atoms with E-state index in [4.69, 9.17) is 9.47 Å². The lowest BCUT2D eigenvalue weighted by atomic mass is 10.1. The van der Waals surface area contributed by atoms with Crippen molar-refractivity contribution in [2.24, 2.45) is 7.05 Å². The lowest BCUT2D eigenvalue weighted by Crippen LogP contribution is -2.40. The molecule has 0 aromatic carbocycles. The van der Waals surface area contributed by atoms with Crippen LogP contribution in [0.1, 0.15) is 11.9 Å². The number of nitrogens with one attached hydrogen (secondary N) is 1. The van der Waals surface area contributed by atoms with E-state index in [0.29, 0.717) is 19.8 Å². The van der Waals surface area contributed by atoms with Crippen LogP contribution < -0.4 is 5.32 Å². The number of imidazole rings is 1. The summed E-state index contributed by atoms with van der Waals surface area (Å²) in [6.45, 7) is 1.97. The minimum absolute atomic E-state index is 0.0462. The van der Waals surface area contributed by atoms with Gasteiger partial charge in [-0.3, -0.25) is 0 Å². The number of rotatable bonds is 3. The van der Waals surface area contributed by atoms with Crippen molar-refractivity contribution in [2.75, 3.05) is 26.9 Å². The summed E-state index contributed by atoms with van der Waals surface area (Å²) in [4.78, 5) is 4.33. The fraction of sp³-hybridized carbons (Fsp3) is 0.700. The summed E-state index contributed by atoms with van der Waals surface area (Å²) in [6.07, 6.45) is 3.78. The third-order valence-electron chi connectivity index (χ3n) is 2.66. The van der Waals surface area contributed by atoms with Gasteiger partial charge in [-0.05, 0) is 7.05 Å². The molecule has 15 heavy (non-hydrogen) atoms. The molecule has 0 saturated carbocycles. The molecule has 1 aromatic heterocycles. The first-order chi connectivity index (χ1) is 7.33. The Kier molecular flexibility index (Phi) is 3.35. The van der Waals surface area contributed by atoms with Crippen LogP contribution in [0, 0.1) is 0 Å². The van der Waals surface area contributed by atoms with Crippen LogP contribution in [0.4, 0.5) is 0 Å². The Morgan fingerprint density at radius 1 is 1.60 bits per heavy atom. The van der Waals surface area contributed by atoms with Crippen molar-refractivity contribution in [2.45, 2.75) is 12.1 Å². The predicted octanol–water partition coefficient (Wildman–Crippen LogP) is 0.0960. The van der Waals surface area contributed by atoms with E-state index in [2.05, 4.69) is 10.3 Å². The molecular formula is C10H17N3O2. The topological polar surface area (TPSA) is 48.3 Å². The van der Waals surface area contributed by atoms with Crippen molar-refractivity contribution in [3.05, 3.63) is 18.2 Å². The molecule has 5 nitrogen and oxygen atoms in total. The highest BCUT2D eigenvalue weighted by molar-refractivity contribution is 5.01. The van der Waals surface area contributed by atoms with Crippen LogP contribution in [0.2, 0.25) is 0 Å². The fourth-order valence-corrected chi connectivity index (χ4v) is 1.86. The molecular weight excluding hydrogens is 194 g/mol. The van der Waals surface area contributed by atoms with Gasteiger partial charge in [-0.25, -0.2) is 4.98 Å². The summed E-state index contributed by atoms with van der Waals surface area (Å²) < 4.78 is 13.1. The van der Waals surface area contributed by atoms with Gasteiger partial charge in [0.2, 0.25) is 0 Å². The summed E-state index contributed by atoms with van der Waals surface area (Å²) in [7, 11) is 3.90. The van der Waals surface area contributed by atoms with Gasteiger partial charge in [0.15, 0.2) is 0 Å². The average Bonchev–Trinajstić information content (AvgIpc) is 2.68. The first kappa shape index (κ1) is 10.6. The molecule has 1 N–H and O–H groups in total. The number of nitrogens with zero attached hydrogens (tertiary/aromatic N) is 2. The smallest absolute Gasteiger partial charge is 0.128 e. The summed E-state index contributed by atoms with van der Waals surface area (Å²) in [5.41, 5.74) is 0. The molecule has 0 spiro atoms. The van der Waals surface area contributed by atoms with Gasteiger partial charge < -0.3 is 19.4 Å². The van der Waals surface area contributed by atoms with Crippen molar-refractivity contribution in [3.63, 3.8) is 0 Å². The first-order valence-electron chi connectivity index (χ1n) is 5.16. The Hall–Kier alpha value is -0.910. The van der Waals surface area contributed by atoms with E-state index in [1.54, 1.807) is 6.20 Å². The number of aromatic nitrogens is 2. The van der Waals surface area contributed by atoms with Gasteiger partial charge in [-0.2, -0.15) is 0 Å². The van der Waals surface area contributed by atoms with Crippen LogP contribution in [0.15, 0.2) is 12.4 Å². The molecule has 1 aliphatic rings. The summed E-state index contributed by atoms with van der Waals surface area (Å²) in [6, 6.07) is 0.0882. The normalized spacial score (nSPS) is 24.0. The lowest BCUT2D eigenvalue weighted by molar-refractivity contribution is -0.103. The monoisotopic (exact) mass is 211 g/mol. The van der Waals surface area contributed by atoms with Crippen LogP contribution in [-0.2, 0) is 16.5 Å². The van der Waals surface area contributed by atoms with Gasteiger partial charge in [-0.15, -0.1) is 0 Å². The van der Waals surface area contributed by atoms with Crippen LogP contribution in [0.25, 0.3) is 0 Å². The number of hydrogen-bond donors (Lipinski definition) is 1. The zero-order valence-corrected chi connectivity index (χ0v) is 9.14. The average molecular weight is 211 g/mol. The number of ether oxygens (including phenoxy) is 2. The zero-order valence-electron chi connectivity index (χ0n) is 9.14. The maximum Gasteiger partial charge on any atom is 0.128 e. The molecule has 0 radical (unpaired) electrons. The van der Waals surface area contributed by atoms with E-state index < -0.39 is 0 Å². The van der Waals surface area contributed by atoms with Gasteiger partial charge >= 0.3 is 0 Å². The molecule has 1 saturated heterocycles. The minimum Gasteiger partial charge on any atom is -0.376 e. The lowest BCUT2D eigenvalue weighted by Gasteiger charge is -2.29. The SMILES string of the molecule is CNC(c1nccn1C)C1COCCO1. The Morgan fingerprint density at radius 2 is 2.47 bits per heavy atom. The summed E-state index contributed by atoms with van der Waals surface area (Å²) in [5, 5.41) is 3.23. The van der Waals surface area contributed by atoms with Crippen molar-refractivity contribution in [1.82, 2.24) is 14.9 Å². The van der Waals surface area contributed by atoms with Crippen LogP contribution >= 0.6 is 0 Å². The minimum atomic E-state index is 0.0462. The van der Waals surface area contributed by atoms with Crippen molar-refractivity contribution >= 4 is 0 Å². The van der Waals surface area contributed by atoms with E-state index in [0.717, 1.165) is 5.82 Å². The number of aryl methyl sites for hydroxylation is 1. The van der Waals surface area contributed by atoms with Gasteiger partial charge in [0.1, 0.15) is 11.9 Å². The van der Waals surface area contributed by atoms with Gasteiger partial charge in [0.25, 0.3) is 0 Å². The van der Waals surface area contributed by atoms with Crippen LogP contribution in [0.3, 0.4) is 0 Å². The molecule has 2 heterocycles. The van der Waals surface area contributed by atoms with Crippen molar-refractivity contribution < 1.29 is 9.47 Å². The molecule has 2 unspecified atom stereocenters. The third kappa shape index (κ3) is 2.19. The molecule has 1 aromatic rings. The maximum atomic E-state index is 5.67. The van der Waals surface area contributed by atoms with Crippen LogP contribution in [-0.4, -0.2) is 42.5 Å². The highest BCUT2D eigenvalue weighted by Crippen LogP contribution is 2.19. The van der Waals surface area contributed by atoms with Gasteiger partial charge in [0.05, 0.1) is 25.9 Å². The molecule has 0 bridgehead atoms. The van der Waals surface area contributed by atoms with E-state index in [-0.39, 0.29) is 12.1 Å². The molecule has 5 heteroatoms. The van der Waals surface area contributed by atoms with Gasteiger partial charge in [0, 0.05) is 19.4 Å². The first-order valence-corrected chi connectivity index (χ1v) is 5.16. The van der Waals surface area contributed by atoms with E-state index in [1.807, 2.05) is 24.9 Å². The highest BCUT2D eigenvalue weighted by Gasteiger charge is 2.27. The summed E-state index contributed by atoms with van der Waals surface area (Å²) >= 11 is 0. The quantitative estimate of drug-likeness (QED) is 0.770. The molecule has 0 amide bonds. The Morgan fingerprint density at radius 3 is 3.00 bits per heavy atom. The third-order valence-corrected chi connectivity index (χ3v) is 2.66. The molecule has 2 atom stereocenters. The zero-order chi connectivity index (χ0) is 10.7. The Balaban J connectivity index is 2.12. The van der Waals surface area contributed by atoms with E-state index >= 15 is 0 Å². The molecule has 84 valence electrons. The van der Waals surface area contributed by atoms with Crippen molar-refractivity contribution in [1.29, 1.82) is 0 Å². The van der Waals surface area contributed by atoms with Crippen molar-refractivity contribution in [3.8, 4) is 0 Å². The number of hydrogen-bond acceptors (Lipinski definition) is 4. The fourth-order valence-electron chi connectivity index (χ4n) is 1.86. The molecule has 1 fully saturated rings. The second-order valence-corrected chi connectivity index (χ2v) is 3.65. The summed E-state index contributed by atoms with van der Waals surface area (Å²) in [5.74, 6) is 0.980. The van der Waals surface area contributed by atoms with Crippen LogP contribution in [0.5, 0.6) is 0 Å². The van der Waals surface area contributed by atoms with E-state index in [1.165, 1.54) is 0 Å². The second kappa shape index (κ2) is 4.74. The molecule has 1 aliphatic heterocycles.